The smallest absolute Gasteiger partial charge is 0.326 e. The number of halogens is 1. The van der Waals surface area contributed by atoms with E-state index < -0.39 is 12.0 Å². The Labute approximate surface area is 110 Å². The molecule has 0 spiro atoms. The number of amides is 1. The largest absolute Gasteiger partial charge is 0.480 e. The minimum Gasteiger partial charge on any atom is -0.480 e. The minimum absolute atomic E-state index is 0.159. The van der Waals surface area contributed by atoms with Crippen molar-refractivity contribution in [2.24, 2.45) is 0 Å². The van der Waals surface area contributed by atoms with Gasteiger partial charge in [-0.2, -0.15) is 0 Å². The van der Waals surface area contributed by atoms with Crippen LogP contribution in [0.2, 0.25) is 5.02 Å². The van der Waals surface area contributed by atoms with Gasteiger partial charge in [0.15, 0.2) is 0 Å². The maximum atomic E-state index is 11.9. The second-order valence-electron chi connectivity index (χ2n) is 4.44. The molecule has 1 unspecified atom stereocenters. The zero-order chi connectivity index (χ0) is 13.3. The predicted octanol–water partition coefficient (Wildman–Crippen LogP) is 2.62. The minimum atomic E-state index is -0.972. The molecule has 0 saturated carbocycles. The normalized spacial score (nSPS) is 20.0. The molecule has 1 amide bonds. The third-order valence-electron chi connectivity index (χ3n) is 3.17. The summed E-state index contributed by atoms with van der Waals surface area (Å²) in [5.41, 5.74) is 1.46. The van der Waals surface area contributed by atoms with Crippen molar-refractivity contribution in [2.45, 2.75) is 32.2 Å². The van der Waals surface area contributed by atoms with Crippen LogP contribution >= 0.6 is 11.6 Å². The molecule has 18 heavy (non-hydrogen) atoms. The van der Waals surface area contributed by atoms with Crippen LogP contribution in [-0.4, -0.2) is 23.0 Å². The molecule has 1 fully saturated rings. The monoisotopic (exact) mass is 267 g/mol. The van der Waals surface area contributed by atoms with Gasteiger partial charge in [-0.1, -0.05) is 17.7 Å². The molecule has 1 heterocycles. The Hall–Kier alpha value is -1.55. The maximum absolute atomic E-state index is 11.9. The molecule has 1 saturated heterocycles. The molecule has 1 aromatic carbocycles. The molecule has 4 nitrogen and oxygen atoms in total. The highest BCUT2D eigenvalue weighted by molar-refractivity contribution is 6.31. The van der Waals surface area contributed by atoms with E-state index in [4.69, 9.17) is 11.6 Å². The molecule has 1 N–H and O–H groups in total. The van der Waals surface area contributed by atoms with E-state index in [1.807, 2.05) is 6.92 Å². The van der Waals surface area contributed by atoms with Crippen molar-refractivity contribution in [3.63, 3.8) is 0 Å². The van der Waals surface area contributed by atoms with Gasteiger partial charge in [0.1, 0.15) is 6.04 Å². The van der Waals surface area contributed by atoms with Gasteiger partial charge in [0.25, 0.3) is 0 Å². The molecule has 5 heteroatoms. The molecule has 0 bridgehead atoms. The molecule has 1 atom stereocenters. The van der Waals surface area contributed by atoms with E-state index in [1.165, 1.54) is 4.90 Å². The van der Waals surface area contributed by atoms with Gasteiger partial charge in [0, 0.05) is 17.1 Å². The van der Waals surface area contributed by atoms with Crippen LogP contribution in [0.25, 0.3) is 0 Å². The number of carboxylic acid groups (broad SMARTS) is 1. The number of piperidine rings is 1. The molecule has 1 aliphatic rings. The van der Waals surface area contributed by atoms with Gasteiger partial charge in [-0.25, -0.2) is 4.79 Å². The van der Waals surface area contributed by atoms with Gasteiger partial charge in [-0.15, -0.1) is 0 Å². The van der Waals surface area contributed by atoms with E-state index in [0.29, 0.717) is 30.0 Å². The first kappa shape index (κ1) is 12.9. The lowest BCUT2D eigenvalue weighted by molar-refractivity contribution is -0.141. The van der Waals surface area contributed by atoms with Gasteiger partial charge in [0.2, 0.25) is 5.91 Å². The second kappa shape index (κ2) is 4.98. The number of aliphatic carboxylic acids is 1. The average molecular weight is 268 g/mol. The van der Waals surface area contributed by atoms with E-state index in [2.05, 4.69) is 0 Å². The summed E-state index contributed by atoms with van der Waals surface area (Å²) in [4.78, 5) is 24.5. The van der Waals surface area contributed by atoms with E-state index in [9.17, 15) is 14.7 Å². The average Bonchev–Trinajstić information content (AvgIpc) is 2.32. The predicted molar refractivity (Wildman–Crippen MR) is 68.9 cm³/mol. The fraction of sp³-hybridized carbons (Fsp3) is 0.385. The molecule has 1 aromatic rings. The Morgan fingerprint density at radius 2 is 2.22 bits per heavy atom. The molecule has 0 aliphatic carbocycles. The lowest BCUT2D eigenvalue weighted by Gasteiger charge is -2.33. The quantitative estimate of drug-likeness (QED) is 0.896. The number of hydrogen-bond acceptors (Lipinski definition) is 2. The van der Waals surface area contributed by atoms with Crippen LogP contribution < -0.4 is 4.90 Å². The molecule has 1 aliphatic heterocycles. The van der Waals surface area contributed by atoms with E-state index in [-0.39, 0.29) is 5.91 Å². The van der Waals surface area contributed by atoms with Crippen molar-refractivity contribution < 1.29 is 14.7 Å². The van der Waals surface area contributed by atoms with E-state index >= 15 is 0 Å². The number of aryl methyl sites for hydroxylation is 1. The number of carbonyl (C=O) groups excluding carboxylic acids is 1. The Bertz CT molecular complexity index is 501. The van der Waals surface area contributed by atoms with Gasteiger partial charge in [-0.3, -0.25) is 9.69 Å². The Morgan fingerprint density at radius 3 is 2.83 bits per heavy atom. The summed E-state index contributed by atoms with van der Waals surface area (Å²) in [5, 5.41) is 9.72. The summed E-state index contributed by atoms with van der Waals surface area (Å²) in [5.74, 6) is -1.13. The number of nitrogens with zero attached hydrogens (tertiary/aromatic N) is 1. The fourth-order valence-corrected chi connectivity index (χ4v) is 2.33. The number of benzene rings is 1. The molecular weight excluding hydrogens is 254 g/mol. The highest BCUT2D eigenvalue weighted by Crippen LogP contribution is 2.29. The highest BCUT2D eigenvalue weighted by Gasteiger charge is 2.34. The number of anilines is 1. The Morgan fingerprint density at radius 1 is 1.50 bits per heavy atom. The van der Waals surface area contributed by atoms with Crippen LogP contribution in [0.5, 0.6) is 0 Å². The van der Waals surface area contributed by atoms with Crippen LogP contribution in [-0.2, 0) is 9.59 Å². The fourth-order valence-electron chi connectivity index (χ4n) is 2.16. The second-order valence-corrected chi connectivity index (χ2v) is 4.85. The highest BCUT2D eigenvalue weighted by atomic mass is 35.5. The third-order valence-corrected chi connectivity index (χ3v) is 3.57. The molecule has 96 valence electrons. The number of rotatable bonds is 2. The molecule has 0 radical (unpaired) electrons. The maximum Gasteiger partial charge on any atom is 0.326 e. The van der Waals surface area contributed by atoms with Crippen LogP contribution in [0, 0.1) is 6.92 Å². The topological polar surface area (TPSA) is 57.6 Å². The third kappa shape index (κ3) is 2.34. The van der Waals surface area contributed by atoms with E-state index in [1.54, 1.807) is 18.2 Å². The summed E-state index contributed by atoms with van der Waals surface area (Å²) >= 11 is 6.02. The summed E-state index contributed by atoms with van der Waals surface area (Å²) in [6.45, 7) is 1.86. The first-order chi connectivity index (χ1) is 8.50. The molecule has 2 rings (SSSR count). The lowest BCUT2D eigenvalue weighted by atomic mass is 10.0. The van der Waals surface area contributed by atoms with Gasteiger partial charge in [0.05, 0.1) is 0 Å². The summed E-state index contributed by atoms with van der Waals surface area (Å²) in [6, 6.07) is 4.39. The standard InChI is InChI=1S/C13H14ClNO3/c1-8-5-6-9(7-10(8)14)15-11(13(17)18)3-2-4-12(15)16/h5-7,11H,2-4H2,1H3,(H,17,18). The summed E-state index contributed by atoms with van der Waals surface area (Å²) in [6.07, 6.45) is 1.48. The van der Waals surface area contributed by atoms with Crippen LogP contribution in [0.15, 0.2) is 18.2 Å². The van der Waals surface area contributed by atoms with Crippen molar-refractivity contribution in [1.29, 1.82) is 0 Å². The van der Waals surface area contributed by atoms with Crippen molar-refractivity contribution >= 4 is 29.2 Å². The zero-order valence-electron chi connectivity index (χ0n) is 10.0. The summed E-state index contributed by atoms with van der Waals surface area (Å²) in [7, 11) is 0. The number of carboxylic acids is 1. The van der Waals surface area contributed by atoms with Gasteiger partial charge < -0.3 is 5.11 Å². The van der Waals surface area contributed by atoms with Gasteiger partial charge >= 0.3 is 5.97 Å². The SMILES string of the molecule is Cc1ccc(N2C(=O)CCCC2C(=O)O)cc1Cl. The zero-order valence-corrected chi connectivity index (χ0v) is 10.8. The summed E-state index contributed by atoms with van der Waals surface area (Å²) < 4.78 is 0. The Balaban J connectivity index is 2.40. The Kier molecular flexibility index (Phi) is 3.57. The van der Waals surface area contributed by atoms with Crippen molar-refractivity contribution in [1.82, 2.24) is 0 Å². The van der Waals surface area contributed by atoms with Crippen molar-refractivity contribution in [3.05, 3.63) is 28.8 Å². The van der Waals surface area contributed by atoms with Crippen molar-refractivity contribution in [2.75, 3.05) is 4.90 Å². The van der Waals surface area contributed by atoms with Gasteiger partial charge in [-0.05, 0) is 37.5 Å². The number of carbonyl (C=O) groups is 2. The first-order valence-corrected chi connectivity index (χ1v) is 6.19. The lowest BCUT2D eigenvalue weighted by Crippen LogP contribution is -2.48. The molecule has 0 aromatic heterocycles. The van der Waals surface area contributed by atoms with Crippen LogP contribution in [0.4, 0.5) is 5.69 Å². The van der Waals surface area contributed by atoms with Crippen LogP contribution in [0.1, 0.15) is 24.8 Å². The molecular formula is C13H14ClNO3. The van der Waals surface area contributed by atoms with Crippen LogP contribution in [0.3, 0.4) is 0 Å². The van der Waals surface area contributed by atoms with Crippen molar-refractivity contribution in [3.8, 4) is 0 Å². The van der Waals surface area contributed by atoms with E-state index in [0.717, 1.165) is 5.56 Å². The first-order valence-electron chi connectivity index (χ1n) is 5.81. The number of hydrogen-bond donors (Lipinski definition) is 1.